The Kier molecular flexibility index (Phi) is 2.54. The first-order valence-electron chi connectivity index (χ1n) is 6.46. The number of benzene rings is 1. The number of carbonyl (C=O) groups is 1. The first kappa shape index (κ1) is 10.6. The smallest absolute Gasteiger partial charge is 0.247 e. The summed E-state index contributed by atoms with van der Waals surface area (Å²) in [6, 6.07) is 8.14. The van der Waals surface area contributed by atoms with Gasteiger partial charge in [-0.15, -0.1) is 0 Å². The number of fused-ring (bicyclic) bond motifs is 3. The molecule has 3 rings (SSSR count). The minimum Gasteiger partial charge on any atom is -0.358 e. The fourth-order valence-corrected chi connectivity index (χ4v) is 2.99. The van der Waals surface area contributed by atoms with Crippen molar-refractivity contribution in [3.63, 3.8) is 0 Å². The number of amides is 1. The van der Waals surface area contributed by atoms with Gasteiger partial charge < -0.3 is 10.2 Å². The van der Waals surface area contributed by atoms with E-state index in [0.29, 0.717) is 5.92 Å². The van der Waals surface area contributed by atoms with Gasteiger partial charge in [0, 0.05) is 6.54 Å². The molecule has 1 aromatic carbocycles. The predicted octanol–water partition coefficient (Wildman–Crippen LogP) is 2.63. The minimum atomic E-state index is 0.0450. The number of nitrogens with one attached hydrogen (secondary N) is 1. The maximum absolute atomic E-state index is 12.1. The van der Waals surface area contributed by atoms with Crippen molar-refractivity contribution in [2.24, 2.45) is 5.92 Å². The number of carbonyl (C=O) groups excluding carboxylic acids is 1. The lowest BCUT2D eigenvalue weighted by molar-refractivity contribution is -0.118. The van der Waals surface area contributed by atoms with Crippen LogP contribution in [0.15, 0.2) is 24.3 Å². The van der Waals surface area contributed by atoms with Crippen LogP contribution in [0.1, 0.15) is 26.2 Å². The summed E-state index contributed by atoms with van der Waals surface area (Å²) in [7, 11) is 0. The number of para-hydroxylation sites is 2. The fraction of sp³-hybridized carbons (Fsp3) is 0.500. The third kappa shape index (κ3) is 1.70. The molecule has 0 spiro atoms. The number of rotatable bonds is 1. The van der Waals surface area contributed by atoms with E-state index in [-0.39, 0.29) is 11.9 Å². The molecule has 0 saturated carbocycles. The van der Waals surface area contributed by atoms with Crippen molar-refractivity contribution in [1.82, 2.24) is 0 Å². The fourth-order valence-electron chi connectivity index (χ4n) is 2.99. The van der Waals surface area contributed by atoms with E-state index in [0.717, 1.165) is 18.7 Å². The molecule has 2 heterocycles. The van der Waals surface area contributed by atoms with Gasteiger partial charge in [-0.1, -0.05) is 25.5 Å². The normalized spacial score (nSPS) is 27.1. The van der Waals surface area contributed by atoms with Crippen LogP contribution in [0, 0.1) is 5.92 Å². The van der Waals surface area contributed by atoms with Crippen LogP contribution in [0.4, 0.5) is 11.4 Å². The molecule has 0 aliphatic carbocycles. The molecule has 17 heavy (non-hydrogen) atoms. The van der Waals surface area contributed by atoms with E-state index >= 15 is 0 Å². The monoisotopic (exact) mass is 230 g/mol. The molecule has 1 N–H and O–H groups in total. The molecule has 1 amide bonds. The van der Waals surface area contributed by atoms with Crippen molar-refractivity contribution in [2.45, 2.75) is 32.2 Å². The van der Waals surface area contributed by atoms with Gasteiger partial charge in [-0.25, -0.2) is 0 Å². The van der Waals surface area contributed by atoms with E-state index in [1.54, 1.807) is 0 Å². The van der Waals surface area contributed by atoms with Crippen LogP contribution >= 0.6 is 0 Å². The Hall–Kier alpha value is -1.51. The Morgan fingerprint density at radius 3 is 3.06 bits per heavy atom. The molecule has 90 valence electrons. The van der Waals surface area contributed by atoms with Crippen LogP contribution in [-0.2, 0) is 4.79 Å². The Morgan fingerprint density at radius 1 is 1.41 bits per heavy atom. The number of anilines is 2. The SMILES string of the molecule is CCC1CCN2c3ccccc3NC(=O)C2C1. The van der Waals surface area contributed by atoms with Crippen LogP contribution in [-0.4, -0.2) is 18.5 Å². The van der Waals surface area contributed by atoms with Gasteiger partial charge in [-0.05, 0) is 30.9 Å². The molecule has 1 aromatic rings. The predicted molar refractivity (Wildman–Crippen MR) is 69.2 cm³/mol. The number of nitrogens with zero attached hydrogens (tertiary/aromatic N) is 1. The molecule has 2 aliphatic rings. The van der Waals surface area contributed by atoms with Gasteiger partial charge in [0.2, 0.25) is 5.91 Å². The average molecular weight is 230 g/mol. The van der Waals surface area contributed by atoms with E-state index in [1.807, 2.05) is 18.2 Å². The Labute approximate surface area is 102 Å². The molecular weight excluding hydrogens is 212 g/mol. The summed E-state index contributed by atoms with van der Waals surface area (Å²) in [5.74, 6) is 0.870. The Balaban J connectivity index is 1.94. The van der Waals surface area contributed by atoms with E-state index in [9.17, 15) is 4.79 Å². The summed E-state index contributed by atoms with van der Waals surface area (Å²) < 4.78 is 0. The maximum atomic E-state index is 12.1. The van der Waals surface area contributed by atoms with Crippen molar-refractivity contribution in [3.05, 3.63) is 24.3 Å². The standard InChI is InChI=1S/C14H18N2O/c1-2-10-7-8-16-12-6-4-3-5-11(12)15-14(17)13(16)9-10/h3-6,10,13H,2,7-9H2,1H3,(H,15,17). The van der Waals surface area contributed by atoms with E-state index in [1.165, 1.54) is 18.5 Å². The van der Waals surface area contributed by atoms with Crippen molar-refractivity contribution in [1.29, 1.82) is 0 Å². The van der Waals surface area contributed by atoms with Gasteiger partial charge in [0.05, 0.1) is 11.4 Å². The highest BCUT2D eigenvalue weighted by Gasteiger charge is 2.37. The summed E-state index contributed by atoms with van der Waals surface area (Å²) in [4.78, 5) is 14.4. The van der Waals surface area contributed by atoms with Gasteiger partial charge in [0.25, 0.3) is 0 Å². The maximum Gasteiger partial charge on any atom is 0.247 e. The molecule has 2 atom stereocenters. The van der Waals surface area contributed by atoms with Crippen LogP contribution in [0.25, 0.3) is 0 Å². The lowest BCUT2D eigenvalue weighted by atomic mass is 9.87. The topological polar surface area (TPSA) is 32.3 Å². The van der Waals surface area contributed by atoms with Gasteiger partial charge >= 0.3 is 0 Å². The zero-order valence-electron chi connectivity index (χ0n) is 10.1. The highest BCUT2D eigenvalue weighted by atomic mass is 16.2. The van der Waals surface area contributed by atoms with Gasteiger partial charge in [0.1, 0.15) is 6.04 Å². The number of piperidine rings is 1. The Bertz CT molecular complexity index is 444. The lowest BCUT2D eigenvalue weighted by Gasteiger charge is -2.43. The second-order valence-electron chi connectivity index (χ2n) is 5.01. The molecule has 1 saturated heterocycles. The Morgan fingerprint density at radius 2 is 2.24 bits per heavy atom. The quantitative estimate of drug-likeness (QED) is 0.804. The van der Waals surface area contributed by atoms with Gasteiger partial charge in [-0.2, -0.15) is 0 Å². The van der Waals surface area contributed by atoms with Crippen molar-refractivity contribution >= 4 is 17.3 Å². The van der Waals surface area contributed by atoms with E-state index < -0.39 is 0 Å². The van der Waals surface area contributed by atoms with E-state index in [4.69, 9.17) is 0 Å². The molecule has 0 aromatic heterocycles. The largest absolute Gasteiger partial charge is 0.358 e. The highest BCUT2D eigenvalue weighted by Crippen LogP contribution is 2.37. The van der Waals surface area contributed by atoms with Crippen molar-refractivity contribution in [3.8, 4) is 0 Å². The number of hydrogen-bond donors (Lipinski definition) is 1. The molecule has 3 nitrogen and oxygen atoms in total. The summed E-state index contributed by atoms with van der Waals surface area (Å²) in [5.41, 5.74) is 2.15. The van der Waals surface area contributed by atoms with Gasteiger partial charge in [0.15, 0.2) is 0 Å². The highest BCUT2D eigenvalue weighted by molar-refractivity contribution is 6.03. The van der Waals surface area contributed by atoms with Crippen LogP contribution < -0.4 is 10.2 Å². The first-order chi connectivity index (χ1) is 8.29. The van der Waals surface area contributed by atoms with Crippen molar-refractivity contribution < 1.29 is 4.79 Å². The third-order valence-corrected chi connectivity index (χ3v) is 4.06. The summed E-state index contributed by atoms with van der Waals surface area (Å²) >= 11 is 0. The molecule has 2 unspecified atom stereocenters. The molecule has 0 bridgehead atoms. The van der Waals surface area contributed by atoms with Gasteiger partial charge in [-0.3, -0.25) is 4.79 Å². The second kappa shape index (κ2) is 4.06. The summed E-state index contributed by atoms with van der Waals surface area (Å²) in [6.07, 6.45) is 3.38. The zero-order valence-corrected chi connectivity index (χ0v) is 10.1. The molecule has 0 radical (unpaired) electrons. The molecule has 1 fully saturated rings. The molecule has 3 heteroatoms. The second-order valence-corrected chi connectivity index (χ2v) is 5.01. The third-order valence-electron chi connectivity index (χ3n) is 4.06. The zero-order chi connectivity index (χ0) is 11.8. The van der Waals surface area contributed by atoms with Crippen LogP contribution in [0.5, 0.6) is 0 Å². The minimum absolute atomic E-state index is 0.0450. The average Bonchev–Trinajstić information content (AvgIpc) is 2.38. The first-order valence-corrected chi connectivity index (χ1v) is 6.46. The van der Waals surface area contributed by atoms with Crippen LogP contribution in [0.3, 0.4) is 0 Å². The molecular formula is C14H18N2O. The lowest BCUT2D eigenvalue weighted by Crippen LogP contribution is -2.52. The number of hydrogen-bond acceptors (Lipinski definition) is 2. The van der Waals surface area contributed by atoms with E-state index in [2.05, 4.69) is 23.2 Å². The van der Waals surface area contributed by atoms with Crippen LogP contribution in [0.2, 0.25) is 0 Å². The summed E-state index contributed by atoms with van der Waals surface area (Å²) in [6.45, 7) is 3.22. The van der Waals surface area contributed by atoms with Crippen molar-refractivity contribution in [2.75, 3.05) is 16.8 Å². The summed E-state index contributed by atoms with van der Waals surface area (Å²) in [5, 5.41) is 3.02. The molecule has 2 aliphatic heterocycles.